The van der Waals surface area contributed by atoms with Crippen LogP contribution >= 0.6 is 11.8 Å². The van der Waals surface area contributed by atoms with Crippen LogP contribution in [-0.2, 0) is 11.2 Å². The van der Waals surface area contributed by atoms with E-state index in [9.17, 15) is 4.79 Å². The van der Waals surface area contributed by atoms with Crippen LogP contribution in [0.25, 0.3) is 0 Å². The number of hydrogen-bond acceptors (Lipinski definition) is 5. The molecule has 0 aliphatic rings. The van der Waals surface area contributed by atoms with Crippen LogP contribution in [0.3, 0.4) is 0 Å². The molecule has 0 saturated carbocycles. The van der Waals surface area contributed by atoms with Gasteiger partial charge in [0.25, 0.3) is 0 Å². The number of rotatable bonds is 6. The zero-order valence-corrected chi connectivity index (χ0v) is 14.0. The van der Waals surface area contributed by atoms with Crippen LogP contribution in [0.5, 0.6) is 0 Å². The number of tetrazole rings is 1. The van der Waals surface area contributed by atoms with Gasteiger partial charge < -0.3 is 5.32 Å². The van der Waals surface area contributed by atoms with Crippen molar-refractivity contribution in [2.75, 3.05) is 11.6 Å². The zero-order chi connectivity index (χ0) is 16.8. The Bertz CT molecular complexity index is 792. The average Bonchev–Trinajstić information content (AvgIpc) is 3.15. The molecule has 2 aromatic carbocycles. The summed E-state index contributed by atoms with van der Waals surface area (Å²) in [4.78, 5) is 13.9. The fourth-order valence-corrected chi connectivity index (χ4v) is 2.84. The summed E-state index contributed by atoms with van der Waals surface area (Å²) < 4.78 is 1.49. The molecule has 3 rings (SSSR count). The molecule has 1 amide bonds. The number of anilines is 1. The second kappa shape index (κ2) is 7.74. The van der Waals surface area contributed by atoms with Crippen LogP contribution in [0.15, 0.2) is 65.8 Å². The number of carbonyl (C=O) groups excluding carboxylic acids is 1. The van der Waals surface area contributed by atoms with E-state index in [1.54, 1.807) is 11.8 Å². The summed E-state index contributed by atoms with van der Waals surface area (Å²) >= 11 is 1.63. The van der Waals surface area contributed by atoms with Gasteiger partial charge in [0.2, 0.25) is 5.91 Å². The van der Waals surface area contributed by atoms with E-state index in [1.165, 1.54) is 11.0 Å². The molecule has 0 spiro atoms. The van der Waals surface area contributed by atoms with E-state index in [-0.39, 0.29) is 5.91 Å². The second-order valence-corrected chi connectivity index (χ2v) is 6.10. The van der Waals surface area contributed by atoms with E-state index >= 15 is 0 Å². The van der Waals surface area contributed by atoms with Gasteiger partial charge in [0.15, 0.2) is 0 Å². The molecule has 1 heterocycles. The summed E-state index contributed by atoms with van der Waals surface area (Å²) in [6, 6.07) is 17.0. The Kier molecular flexibility index (Phi) is 5.22. The molecule has 0 aliphatic heterocycles. The molecule has 0 fully saturated rings. The first-order valence-corrected chi connectivity index (χ1v) is 8.70. The van der Waals surface area contributed by atoms with Crippen LogP contribution < -0.4 is 5.32 Å². The smallest absolute Gasteiger partial charge is 0.249 e. The van der Waals surface area contributed by atoms with Crippen molar-refractivity contribution in [2.24, 2.45) is 0 Å². The molecule has 0 saturated heterocycles. The van der Waals surface area contributed by atoms with E-state index in [2.05, 4.69) is 20.8 Å². The number of nitrogens with zero attached hydrogens (tertiary/aromatic N) is 4. The second-order valence-electron chi connectivity index (χ2n) is 5.22. The molecule has 1 N–H and O–H groups in total. The van der Waals surface area contributed by atoms with Crippen LogP contribution in [0.2, 0.25) is 0 Å². The number of nitrogens with one attached hydrogen (secondary N) is 1. The average molecular weight is 339 g/mol. The van der Waals surface area contributed by atoms with Gasteiger partial charge in [0.05, 0.1) is 0 Å². The quantitative estimate of drug-likeness (QED) is 0.699. The van der Waals surface area contributed by atoms with Crippen LogP contribution in [0.4, 0.5) is 5.69 Å². The van der Waals surface area contributed by atoms with Crippen molar-refractivity contribution >= 4 is 23.4 Å². The lowest BCUT2D eigenvalue weighted by Crippen LogP contribution is -2.28. The molecule has 0 radical (unpaired) electrons. The first-order chi connectivity index (χ1) is 11.8. The Hall–Kier alpha value is -2.67. The SMILES string of the molecule is CSc1cccc(NC(=O)[C@@H](Cc2ccccc2)n2cnnn2)c1. The fraction of sp³-hybridized carbons (Fsp3) is 0.176. The Balaban J connectivity index is 1.81. The first kappa shape index (κ1) is 16.2. The highest BCUT2D eigenvalue weighted by Gasteiger charge is 2.22. The summed E-state index contributed by atoms with van der Waals surface area (Å²) in [5.41, 5.74) is 1.81. The molecule has 0 aliphatic carbocycles. The van der Waals surface area contributed by atoms with Gasteiger partial charge in [-0.1, -0.05) is 36.4 Å². The fourth-order valence-electron chi connectivity index (χ4n) is 2.38. The highest BCUT2D eigenvalue weighted by atomic mass is 32.2. The zero-order valence-electron chi connectivity index (χ0n) is 13.2. The van der Waals surface area contributed by atoms with Crippen molar-refractivity contribution < 1.29 is 4.79 Å². The number of benzene rings is 2. The maximum absolute atomic E-state index is 12.8. The van der Waals surface area contributed by atoms with Crippen LogP contribution in [-0.4, -0.2) is 32.4 Å². The lowest BCUT2D eigenvalue weighted by atomic mass is 10.1. The Morgan fingerprint density at radius 3 is 2.75 bits per heavy atom. The molecule has 122 valence electrons. The third kappa shape index (κ3) is 3.99. The minimum Gasteiger partial charge on any atom is -0.324 e. The van der Waals surface area contributed by atoms with E-state index in [0.29, 0.717) is 6.42 Å². The standard InChI is InChI=1S/C17H17N5OS/c1-24-15-9-5-8-14(11-15)19-17(23)16(22-12-18-20-21-22)10-13-6-3-2-4-7-13/h2-9,11-12,16H,10H2,1H3,(H,19,23)/t16-/m1/s1. The Morgan fingerprint density at radius 2 is 2.04 bits per heavy atom. The summed E-state index contributed by atoms with van der Waals surface area (Å²) in [6.45, 7) is 0. The van der Waals surface area contributed by atoms with E-state index in [0.717, 1.165) is 16.1 Å². The molecule has 24 heavy (non-hydrogen) atoms. The minimum atomic E-state index is -0.514. The van der Waals surface area contributed by atoms with Gasteiger partial charge in [0, 0.05) is 17.0 Å². The highest BCUT2D eigenvalue weighted by Crippen LogP contribution is 2.21. The van der Waals surface area contributed by atoms with Crippen molar-refractivity contribution in [1.82, 2.24) is 20.2 Å². The summed E-state index contributed by atoms with van der Waals surface area (Å²) in [5.74, 6) is -0.149. The van der Waals surface area contributed by atoms with Gasteiger partial charge in [0.1, 0.15) is 12.4 Å². The molecule has 0 unspecified atom stereocenters. The van der Waals surface area contributed by atoms with E-state index in [4.69, 9.17) is 0 Å². The summed E-state index contributed by atoms with van der Waals surface area (Å²) in [7, 11) is 0. The number of aromatic nitrogens is 4. The lowest BCUT2D eigenvalue weighted by molar-refractivity contribution is -0.119. The third-order valence-corrected chi connectivity index (χ3v) is 4.32. The van der Waals surface area contributed by atoms with Crippen molar-refractivity contribution in [2.45, 2.75) is 17.4 Å². The number of amides is 1. The largest absolute Gasteiger partial charge is 0.324 e. The van der Waals surface area contributed by atoms with Crippen molar-refractivity contribution in [1.29, 1.82) is 0 Å². The number of hydrogen-bond donors (Lipinski definition) is 1. The van der Waals surface area contributed by atoms with Gasteiger partial charge >= 0.3 is 0 Å². The Labute approximate surface area is 144 Å². The van der Waals surface area contributed by atoms with Gasteiger partial charge in [-0.25, -0.2) is 4.68 Å². The summed E-state index contributed by atoms with van der Waals surface area (Å²) in [6.07, 6.45) is 3.98. The number of thioether (sulfide) groups is 1. The predicted octanol–water partition coefficient (Wildman–Crippen LogP) is 2.82. The number of carbonyl (C=O) groups is 1. The van der Waals surface area contributed by atoms with Crippen LogP contribution in [0.1, 0.15) is 11.6 Å². The maximum atomic E-state index is 12.8. The highest BCUT2D eigenvalue weighted by molar-refractivity contribution is 7.98. The topological polar surface area (TPSA) is 72.7 Å². The molecular weight excluding hydrogens is 322 g/mol. The summed E-state index contributed by atoms with van der Waals surface area (Å²) in [5, 5.41) is 14.2. The Morgan fingerprint density at radius 1 is 1.21 bits per heavy atom. The van der Waals surface area contributed by atoms with Gasteiger partial charge in [-0.15, -0.1) is 16.9 Å². The molecular formula is C17H17N5OS. The van der Waals surface area contributed by atoms with Crippen LogP contribution in [0, 0.1) is 0 Å². The van der Waals surface area contributed by atoms with Gasteiger partial charge in [-0.2, -0.15) is 0 Å². The molecule has 6 nitrogen and oxygen atoms in total. The molecule has 7 heteroatoms. The normalized spacial score (nSPS) is 11.9. The molecule has 1 aromatic heterocycles. The molecule has 3 aromatic rings. The van der Waals surface area contributed by atoms with Crippen molar-refractivity contribution in [3.63, 3.8) is 0 Å². The molecule has 1 atom stereocenters. The van der Waals surface area contributed by atoms with Crippen molar-refractivity contribution in [3.05, 3.63) is 66.5 Å². The molecule has 0 bridgehead atoms. The lowest BCUT2D eigenvalue weighted by Gasteiger charge is -2.16. The van der Waals surface area contributed by atoms with Gasteiger partial charge in [-0.05, 0) is 40.4 Å². The van der Waals surface area contributed by atoms with Gasteiger partial charge in [-0.3, -0.25) is 4.79 Å². The van der Waals surface area contributed by atoms with E-state index < -0.39 is 6.04 Å². The first-order valence-electron chi connectivity index (χ1n) is 7.47. The monoisotopic (exact) mass is 339 g/mol. The van der Waals surface area contributed by atoms with E-state index in [1.807, 2.05) is 60.9 Å². The minimum absolute atomic E-state index is 0.149. The maximum Gasteiger partial charge on any atom is 0.249 e. The third-order valence-electron chi connectivity index (χ3n) is 3.60. The predicted molar refractivity (Wildman–Crippen MR) is 93.9 cm³/mol. The van der Waals surface area contributed by atoms with Crippen molar-refractivity contribution in [3.8, 4) is 0 Å².